The van der Waals surface area contributed by atoms with Crippen LogP contribution in [0.2, 0.25) is 0 Å². The zero-order valence-corrected chi connectivity index (χ0v) is 12.8. The smallest absolute Gasteiger partial charge is 0.358 e. The summed E-state index contributed by atoms with van der Waals surface area (Å²) in [6.07, 6.45) is 1.49. The van der Waals surface area contributed by atoms with Gasteiger partial charge in [-0.15, -0.1) is 5.10 Å². The number of aromatic carboxylic acids is 1. The third kappa shape index (κ3) is 3.09. The SMILES string of the molecule is CN1CC(C(=O)Nc2cccc(-n3cc(C(=O)O)nn3)c2)CC1=O. The van der Waals surface area contributed by atoms with Gasteiger partial charge in [0.15, 0.2) is 5.69 Å². The number of rotatable bonds is 4. The first-order valence-corrected chi connectivity index (χ1v) is 7.25. The van der Waals surface area contributed by atoms with Crippen LogP contribution in [-0.4, -0.2) is 56.4 Å². The highest BCUT2D eigenvalue weighted by Crippen LogP contribution is 2.20. The summed E-state index contributed by atoms with van der Waals surface area (Å²) in [5.74, 6) is -1.82. The first kappa shape index (κ1) is 15.7. The summed E-state index contributed by atoms with van der Waals surface area (Å²) in [5, 5.41) is 18.9. The van der Waals surface area contributed by atoms with E-state index in [2.05, 4.69) is 15.6 Å². The van der Waals surface area contributed by atoms with Gasteiger partial charge in [0.25, 0.3) is 0 Å². The van der Waals surface area contributed by atoms with Crippen LogP contribution in [0.4, 0.5) is 5.69 Å². The summed E-state index contributed by atoms with van der Waals surface area (Å²) < 4.78 is 1.31. The van der Waals surface area contributed by atoms with Crippen molar-refractivity contribution in [2.45, 2.75) is 6.42 Å². The molecule has 1 atom stereocenters. The van der Waals surface area contributed by atoms with Crippen LogP contribution in [0.25, 0.3) is 5.69 Å². The molecule has 1 aliphatic heterocycles. The van der Waals surface area contributed by atoms with Crippen molar-refractivity contribution < 1.29 is 19.5 Å². The molecule has 0 spiro atoms. The van der Waals surface area contributed by atoms with Crippen LogP contribution in [0, 0.1) is 5.92 Å². The Morgan fingerprint density at radius 1 is 1.38 bits per heavy atom. The number of likely N-dealkylation sites (tertiary alicyclic amines) is 1. The van der Waals surface area contributed by atoms with Crippen LogP contribution in [0.5, 0.6) is 0 Å². The lowest BCUT2D eigenvalue weighted by atomic mass is 10.1. The van der Waals surface area contributed by atoms with Crippen molar-refractivity contribution in [1.29, 1.82) is 0 Å². The van der Waals surface area contributed by atoms with Crippen molar-refractivity contribution >= 4 is 23.5 Å². The molecule has 124 valence electrons. The van der Waals surface area contributed by atoms with E-state index < -0.39 is 5.97 Å². The number of nitrogens with zero attached hydrogens (tertiary/aromatic N) is 4. The Balaban J connectivity index is 1.74. The number of carbonyl (C=O) groups is 3. The Bertz CT molecular complexity index is 816. The van der Waals surface area contributed by atoms with Crippen LogP contribution in [-0.2, 0) is 9.59 Å². The summed E-state index contributed by atoms with van der Waals surface area (Å²) >= 11 is 0. The Labute approximate surface area is 136 Å². The average molecular weight is 329 g/mol. The summed E-state index contributed by atoms with van der Waals surface area (Å²) in [6.45, 7) is 0.398. The van der Waals surface area contributed by atoms with Crippen molar-refractivity contribution in [2.24, 2.45) is 5.92 Å². The number of nitrogens with one attached hydrogen (secondary N) is 1. The molecule has 1 saturated heterocycles. The molecule has 2 N–H and O–H groups in total. The highest BCUT2D eigenvalue weighted by Gasteiger charge is 2.32. The van der Waals surface area contributed by atoms with E-state index in [1.165, 1.54) is 15.8 Å². The second-order valence-electron chi connectivity index (χ2n) is 5.57. The Morgan fingerprint density at radius 3 is 2.79 bits per heavy atom. The van der Waals surface area contributed by atoms with Crippen LogP contribution in [0.3, 0.4) is 0 Å². The third-order valence-corrected chi connectivity index (χ3v) is 3.80. The summed E-state index contributed by atoms with van der Waals surface area (Å²) in [7, 11) is 1.67. The molecule has 0 radical (unpaired) electrons. The molecule has 0 saturated carbocycles. The van der Waals surface area contributed by atoms with Gasteiger partial charge in [0.2, 0.25) is 11.8 Å². The van der Waals surface area contributed by atoms with E-state index in [4.69, 9.17) is 5.11 Å². The fraction of sp³-hybridized carbons (Fsp3) is 0.267. The van der Waals surface area contributed by atoms with E-state index in [1.807, 2.05) is 0 Å². The molecule has 0 aliphatic carbocycles. The predicted octanol–water partition coefficient (Wildman–Crippen LogP) is 0.382. The number of hydrogen-bond donors (Lipinski definition) is 2. The molecule has 1 unspecified atom stereocenters. The van der Waals surface area contributed by atoms with Crippen molar-refractivity contribution in [3.8, 4) is 5.69 Å². The van der Waals surface area contributed by atoms with Gasteiger partial charge in [0.05, 0.1) is 17.8 Å². The molecule has 3 rings (SSSR count). The Morgan fingerprint density at radius 2 is 2.17 bits per heavy atom. The van der Waals surface area contributed by atoms with Crippen LogP contribution in [0.15, 0.2) is 30.5 Å². The van der Waals surface area contributed by atoms with Gasteiger partial charge in [0, 0.05) is 25.7 Å². The molecule has 0 bridgehead atoms. The molecular formula is C15H15N5O4. The summed E-state index contributed by atoms with van der Waals surface area (Å²) in [6, 6.07) is 6.78. The second kappa shape index (κ2) is 6.11. The van der Waals surface area contributed by atoms with Crippen molar-refractivity contribution in [3.63, 3.8) is 0 Å². The standard InChI is InChI=1S/C15H15N5O4/c1-19-7-9(5-13(19)21)14(22)16-10-3-2-4-11(6-10)20-8-12(15(23)24)17-18-20/h2-4,6,8-9H,5,7H2,1H3,(H,16,22)(H,23,24). The second-order valence-corrected chi connectivity index (χ2v) is 5.57. The first-order valence-electron chi connectivity index (χ1n) is 7.25. The summed E-state index contributed by atoms with van der Waals surface area (Å²) in [5.41, 5.74) is 0.927. The molecule has 9 nitrogen and oxygen atoms in total. The number of benzene rings is 1. The number of anilines is 1. The summed E-state index contributed by atoms with van der Waals surface area (Å²) in [4.78, 5) is 36.1. The lowest BCUT2D eigenvalue weighted by Crippen LogP contribution is -2.25. The number of carbonyl (C=O) groups excluding carboxylic acids is 2. The molecule has 1 aromatic carbocycles. The maximum absolute atomic E-state index is 12.2. The number of amides is 2. The van der Waals surface area contributed by atoms with Gasteiger partial charge in [-0.25, -0.2) is 9.48 Å². The van der Waals surface area contributed by atoms with Crippen molar-refractivity contribution in [3.05, 3.63) is 36.2 Å². The minimum atomic E-state index is -1.17. The number of hydrogen-bond acceptors (Lipinski definition) is 5. The topological polar surface area (TPSA) is 117 Å². The average Bonchev–Trinajstić information content (AvgIpc) is 3.15. The zero-order chi connectivity index (χ0) is 17.3. The van der Waals surface area contributed by atoms with E-state index >= 15 is 0 Å². The van der Waals surface area contributed by atoms with E-state index in [0.717, 1.165) is 0 Å². The zero-order valence-electron chi connectivity index (χ0n) is 12.8. The van der Waals surface area contributed by atoms with E-state index in [-0.39, 0.29) is 29.8 Å². The van der Waals surface area contributed by atoms with Crippen LogP contribution < -0.4 is 5.32 Å². The highest BCUT2D eigenvalue weighted by molar-refractivity contribution is 5.97. The Kier molecular flexibility index (Phi) is 3.98. The van der Waals surface area contributed by atoms with E-state index in [9.17, 15) is 14.4 Å². The molecule has 2 amide bonds. The van der Waals surface area contributed by atoms with Gasteiger partial charge < -0.3 is 15.3 Å². The monoisotopic (exact) mass is 329 g/mol. The third-order valence-electron chi connectivity index (χ3n) is 3.80. The quantitative estimate of drug-likeness (QED) is 0.837. The van der Waals surface area contributed by atoms with Crippen molar-refractivity contribution in [2.75, 3.05) is 18.9 Å². The molecule has 24 heavy (non-hydrogen) atoms. The molecule has 9 heteroatoms. The van der Waals surface area contributed by atoms with E-state index in [0.29, 0.717) is 17.9 Å². The van der Waals surface area contributed by atoms with Crippen LogP contribution in [0.1, 0.15) is 16.9 Å². The lowest BCUT2D eigenvalue weighted by Gasteiger charge is -2.11. The van der Waals surface area contributed by atoms with Crippen LogP contribution >= 0.6 is 0 Å². The fourth-order valence-electron chi connectivity index (χ4n) is 2.50. The first-order chi connectivity index (χ1) is 11.4. The molecule has 2 aromatic rings. The highest BCUT2D eigenvalue weighted by atomic mass is 16.4. The molecular weight excluding hydrogens is 314 g/mol. The number of carboxylic acid groups (broad SMARTS) is 1. The fourth-order valence-corrected chi connectivity index (χ4v) is 2.50. The normalized spacial score (nSPS) is 17.1. The van der Waals surface area contributed by atoms with Gasteiger partial charge >= 0.3 is 5.97 Å². The largest absolute Gasteiger partial charge is 0.476 e. The van der Waals surface area contributed by atoms with Gasteiger partial charge in [-0.3, -0.25) is 9.59 Å². The molecule has 1 aromatic heterocycles. The minimum absolute atomic E-state index is 0.0484. The molecule has 1 aliphatic rings. The molecule has 2 heterocycles. The minimum Gasteiger partial charge on any atom is -0.476 e. The Hall–Kier alpha value is -3.23. The van der Waals surface area contributed by atoms with Gasteiger partial charge in [-0.1, -0.05) is 11.3 Å². The lowest BCUT2D eigenvalue weighted by molar-refractivity contribution is -0.127. The van der Waals surface area contributed by atoms with Crippen molar-refractivity contribution in [1.82, 2.24) is 19.9 Å². The van der Waals surface area contributed by atoms with Gasteiger partial charge in [0.1, 0.15) is 0 Å². The van der Waals surface area contributed by atoms with Gasteiger partial charge in [-0.05, 0) is 18.2 Å². The number of aromatic nitrogens is 3. The van der Waals surface area contributed by atoms with E-state index in [1.54, 1.807) is 31.3 Å². The maximum Gasteiger partial charge on any atom is 0.358 e. The molecule has 1 fully saturated rings. The number of carboxylic acids is 1. The maximum atomic E-state index is 12.2. The van der Waals surface area contributed by atoms with Gasteiger partial charge in [-0.2, -0.15) is 0 Å². The predicted molar refractivity (Wildman–Crippen MR) is 82.7 cm³/mol.